The smallest absolute Gasteiger partial charge is 0.269 e. The number of oxime groups is 1. The number of rotatable bonds is 5. The van der Waals surface area contributed by atoms with Crippen LogP contribution in [0.25, 0.3) is 0 Å². The zero-order valence-corrected chi connectivity index (χ0v) is 12.1. The maximum atomic E-state index is 12.0. The van der Waals surface area contributed by atoms with Crippen LogP contribution in [-0.4, -0.2) is 28.5 Å². The number of carbonyl (C=O) groups is 1. The van der Waals surface area contributed by atoms with Crippen LogP contribution in [0.3, 0.4) is 0 Å². The predicted molar refractivity (Wildman–Crippen MR) is 80.3 cm³/mol. The molecule has 1 aliphatic rings. The van der Waals surface area contributed by atoms with Gasteiger partial charge in [-0.3, -0.25) is 9.78 Å². The third-order valence-corrected chi connectivity index (χ3v) is 3.96. The summed E-state index contributed by atoms with van der Waals surface area (Å²) in [6.45, 7) is 0.688. The topological polar surface area (TPSA) is 101 Å². The molecule has 1 fully saturated rings. The first kappa shape index (κ1) is 15.3. The number of carbonyl (C=O) groups excluding carboxylic acids is 1. The van der Waals surface area contributed by atoms with Crippen molar-refractivity contribution in [2.45, 2.75) is 38.5 Å². The summed E-state index contributed by atoms with van der Waals surface area (Å²) in [6, 6.07) is 3.18. The van der Waals surface area contributed by atoms with Crippen LogP contribution in [0.5, 0.6) is 0 Å². The average molecular weight is 290 g/mol. The van der Waals surface area contributed by atoms with E-state index in [2.05, 4.69) is 15.5 Å². The second-order valence-corrected chi connectivity index (χ2v) is 5.47. The third-order valence-electron chi connectivity index (χ3n) is 3.96. The van der Waals surface area contributed by atoms with Crippen LogP contribution in [0.2, 0.25) is 0 Å². The summed E-state index contributed by atoms with van der Waals surface area (Å²) < 4.78 is 0. The van der Waals surface area contributed by atoms with E-state index in [1.54, 1.807) is 12.1 Å². The second-order valence-electron chi connectivity index (χ2n) is 5.47. The summed E-state index contributed by atoms with van der Waals surface area (Å²) in [5.74, 6) is 0.540. The Labute approximate surface area is 124 Å². The molecule has 6 heteroatoms. The van der Waals surface area contributed by atoms with Gasteiger partial charge in [0.15, 0.2) is 5.84 Å². The van der Waals surface area contributed by atoms with Gasteiger partial charge in [0.05, 0.1) is 0 Å². The molecule has 1 saturated carbocycles. The Bertz CT molecular complexity index is 493. The van der Waals surface area contributed by atoms with Gasteiger partial charge in [0.25, 0.3) is 5.91 Å². The summed E-state index contributed by atoms with van der Waals surface area (Å²) in [6.07, 6.45) is 8.99. The number of hydrogen-bond acceptors (Lipinski definition) is 4. The van der Waals surface area contributed by atoms with Crippen LogP contribution in [-0.2, 0) is 0 Å². The summed E-state index contributed by atoms with van der Waals surface area (Å²) >= 11 is 0. The maximum Gasteiger partial charge on any atom is 0.269 e. The third kappa shape index (κ3) is 4.44. The fraction of sp³-hybridized carbons (Fsp3) is 0.533. The van der Waals surface area contributed by atoms with Crippen LogP contribution < -0.4 is 11.1 Å². The average Bonchev–Trinajstić information content (AvgIpc) is 2.55. The van der Waals surface area contributed by atoms with Crippen molar-refractivity contribution in [1.82, 2.24) is 10.3 Å². The standard InChI is InChI=1S/C15H22N4O2/c16-14(19-21)12-6-7-13(18-10-12)15(20)17-9-8-11-4-2-1-3-5-11/h6-7,10-11,21H,1-5,8-9H2,(H2,16,19)(H,17,20). The van der Waals surface area contributed by atoms with E-state index in [1.165, 1.54) is 38.3 Å². The molecule has 4 N–H and O–H groups in total. The zero-order chi connectivity index (χ0) is 15.1. The van der Waals surface area contributed by atoms with Crippen LogP contribution in [0.4, 0.5) is 0 Å². The molecule has 0 aliphatic heterocycles. The molecular formula is C15H22N4O2. The quantitative estimate of drug-likeness (QED) is 0.333. The number of nitrogens with two attached hydrogens (primary N) is 1. The molecular weight excluding hydrogens is 268 g/mol. The fourth-order valence-electron chi connectivity index (χ4n) is 2.69. The Hall–Kier alpha value is -2.11. The highest BCUT2D eigenvalue weighted by Gasteiger charge is 2.14. The molecule has 6 nitrogen and oxygen atoms in total. The van der Waals surface area contributed by atoms with Gasteiger partial charge in [-0.1, -0.05) is 37.3 Å². The molecule has 0 spiro atoms. The minimum atomic E-state index is -0.183. The molecule has 1 aliphatic carbocycles. The highest BCUT2D eigenvalue weighted by atomic mass is 16.4. The molecule has 1 heterocycles. The largest absolute Gasteiger partial charge is 0.409 e. The molecule has 0 radical (unpaired) electrons. The van der Waals surface area contributed by atoms with E-state index in [4.69, 9.17) is 10.9 Å². The summed E-state index contributed by atoms with van der Waals surface area (Å²) in [5, 5.41) is 14.3. The van der Waals surface area contributed by atoms with Gasteiger partial charge in [-0.05, 0) is 24.5 Å². The Balaban J connectivity index is 1.80. The molecule has 114 valence electrons. The lowest BCUT2D eigenvalue weighted by Crippen LogP contribution is -2.27. The van der Waals surface area contributed by atoms with Crippen LogP contribution in [0.1, 0.15) is 54.6 Å². The van der Waals surface area contributed by atoms with Gasteiger partial charge in [0, 0.05) is 18.3 Å². The second kappa shape index (κ2) is 7.61. The number of amides is 1. The first-order chi connectivity index (χ1) is 10.2. The van der Waals surface area contributed by atoms with E-state index < -0.39 is 0 Å². The number of pyridine rings is 1. The number of nitrogens with one attached hydrogen (secondary N) is 1. The van der Waals surface area contributed by atoms with Crippen LogP contribution in [0, 0.1) is 5.92 Å². The SMILES string of the molecule is NC(=NO)c1ccc(C(=O)NCCC2CCCCC2)nc1. The van der Waals surface area contributed by atoms with Crippen molar-refractivity contribution in [3.05, 3.63) is 29.6 Å². The van der Waals surface area contributed by atoms with Gasteiger partial charge in [-0.25, -0.2) is 0 Å². The van der Waals surface area contributed by atoms with E-state index in [9.17, 15) is 4.79 Å². The summed E-state index contributed by atoms with van der Waals surface area (Å²) in [4.78, 5) is 16.0. The normalized spacial score (nSPS) is 16.7. The van der Waals surface area contributed by atoms with Gasteiger partial charge < -0.3 is 16.3 Å². The van der Waals surface area contributed by atoms with Crippen molar-refractivity contribution in [1.29, 1.82) is 0 Å². The molecule has 1 aromatic heterocycles. The Kier molecular flexibility index (Phi) is 5.54. The van der Waals surface area contributed by atoms with E-state index in [0.717, 1.165) is 12.3 Å². The Morgan fingerprint density at radius 2 is 2.14 bits per heavy atom. The van der Waals surface area contributed by atoms with Gasteiger partial charge in [0.2, 0.25) is 0 Å². The van der Waals surface area contributed by atoms with Crippen molar-refractivity contribution in [2.24, 2.45) is 16.8 Å². The van der Waals surface area contributed by atoms with Crippen LogP contribution >= 0.6 is 0 Å². The molecule has 0 atom stereocenters. The lowest BCUT2D eigenvalue weighted by atomic mass is 9.87. The highest BCUT2D eigenvalue weighted by Crippen LogP contribution is 2.25. The first-order valence-electron chi connectivity index (χ1n) is 7.43. The lowest BCUT2D eigenvalue weighted by molar-refractivity contribution is 0.0945. The van der Waals surface area contributed by atoms with Gasteiger partial charge in [0.1, 0.15) is 5.69 Å². The van der Waals surface area contributed by atoms with Crippen LogP contribution in [0.15, 0.2) is 23.5 Å². The van der Waals surface area contributed by atoms with E-state index in [-0.39, 0.29) is 11.7 Å². The predicted octanol–water partition coefficient (Wildman–Crippen LogP) is 1.88. The molecule has 0 bridgehead atoms. The van der Waals surface area contributed by atoms with Gasteiger partial charge >= 0.3 is 0 Å². The first-order valence-corrected chi connectivity index (χ1v) is 7.43. The molecule has 0 unspecified atom stereocenters. The molecule has 0 aromatic carbocycles. The number of aromatic nitrogens is 1. The molecule has 1 aromatic rings. The summed E-state index contributed by atoms with van der Waals surface area (Å²) in [7, 11) is 0. The van der Waals surface area contributed by atoms with Gasteiger partial charge in [-0.2, -0.15) is 0 Å². The number of amidine groups is 1. The molecule has 21 heavy (non-hydrogen) atoms. The minimum Gasteiger partial charge on any atom is -0.409 e. The highest BCUT2D eigenvalue weighted by molar-refractivity contribution is 5.98. The molecule has 1 amide bonds. The maximum absolute atomic E-state index is 12.0. The van der Waals surface area contributed by atoms with Crippen molar-refractivity contribution in [3.63, 3.8) is 0 Å². The zero-order valence-electron chi connectivity index (χ0n) is 12.1. The summed E-state index contributed by atoms with van der Waals surface area (Å²) in [5.41, 5.74) is 6.27. The Morgan fingerprint density at radius 1 is 1.38 bits per heavy atom. The molecule has 0 saturated heterocycles. The van der Waals surface area contributed by atoms with E-state index in [1.807, 2.05) is 0 Å². The van der Waals surface area contributed by atoms with Gasteiger partial charge in [-0.15, -0.1) is 0 Å². The lowest BCUT2D eigenvalue weighted by Gasteiger charge is -2.21. The van der Waals surface area contributed by atoms with Crippen molar-refractivity contribution < 1.29 is 10.0 Å². The fourth-order valence-corrected chi connectivity index (χ4v) is 2.69. The number of nitrogens with zero attached hydrogens (tertiary/aromatic N) is 2. The van der Waals surface area contributed by atoms with E-state index in [0.29, 0.717) is 17.8 Å². The monoisotopic (exact) mass is 290 g/mol. The number of hydrogen-bond donors (Lipinski definition) is 3. The van der Waals surface area contributed by atoms with Crippen molar-refractivity contribution >= 4 is 11.7 Å². The molecule has 2 rings (SSSR count). The van der Waals surface area contributed by atoms with Crippen molar-refractivity contribution in [3.8, 4) is 0 Å². The minimum absolute atomic E-state index is 0.0215. The Morgan fingerprint density at radius 3 is 2.76 bits per heavy atom. The van der Waals surface area contributed by atoms with E-state index >= 15 is 0 Å². The van der Waals surface area contributed by atoms with Crippen molar-refractivity contribution in [2.75, 3.05) is 6.54 Å².